The number of methoxy groups -OCH3 is 1. The second kappa shape index (κ2) is 8.69. The number of pyridine rings is 1. The summed E-state index contributed by atoms with van der Waals surface area (Å²) in [6, 6.07) is 8.96. The van der Waals surface area contributed by atoms with Crippen molar-refractivity contribution in [2.45, 2.75) is 13.0 Å². The molecule has 1 unspecified atom stereocenters. The lowest BCUT2D eigenvalue weighted by Gasteiger charge is -2.36. The molecule has 1 atom stereocenters. The van der Waals surface area contributed by atoms with Gasteiger partial charge < -0.3 is 19.9 Å². The van der Waals surface area contributed by atoms with Gasteiger partial charge in [-0.2, -0.15) is 0 Å². The maximum absolute atomic E-state index is 13.8. The highest BCUT2D eigenvalue weighted by atomic mass is 19.1. The molecule has 0 saturated carbocycles. The van der Waals surface area contributed by atoms with Crippen molar-refractivity contribution in [2.24, 2.45) is 0 Å². The summed E-state index contributed by atoms with van der Waals surface area (Å²) in [5.74, 6) is -0.346. The minimum absolute atomic E-state index is 0.0615. The number of benzene rings is 1. The van der Waals surface area contributed by atoms with Gasteiger partial charge in [-0.05, 0) is 37.3 Å². The number of nitrogens with one attached hydrogen (secondary N) is 1. The van der Waals surface area contributed by atoms with Crippen LogP contribution in [0.25, 0.3) is 0 Å². The topological polar surface area (TPSA) is 74.8 Å². The maximum atomic E-state index is 13.8. The van der Waals surface area contributed by atoms with Crippen molar-refractivity contribution in [3.05, 3.63) is 54.0 Å². The maximum Gasteiger partial charge on any atom is 0.252 e. The molecule has 0 aliphatic carbocycles. The van der Waals surface area contributed by atoms with Gasteiger partial charge in [-0.25, -0.2) is 9.37 Å². The summed E-state index contributed by atoms with van der Waals surface area (Å²) < 4.78 is 18.6. The third-order valence-electron chi connectivity index (χ3n) is 4.70. The number of carbonyl (C=O) groups is 2. The van der Waals surface area contributed by atoms with Crippen LogP contribution in [-0.4, -0.2) is 61.0 Å². The molecule has 1 fully saturated rings. The number of aromatic nitrogens is 1. The first-order valence-corrected chi connectivity index (χ1v) is 9.08. The van der Waals surface area contributed by atoms with Crippen LogP contribution in [0.4, 0.5) is 10.2 Å². The number of rotatable bonds is 5. The molecular weight excluding hydrogens is 363 g/mol. The lowest BCUT2D eigenvalue weighted by Crippen LogP contribution is -2.54. The van der Waals surface area contributed by atoms with E-state index in [0.717, 1.165) is 11.9 Å². The summed E-state index contributed by atoms with van der Waals surface area (Å²) in [6.45, 7) is 4.07. The summed E-state index contributed by atoms with van der Waals surface area (Å²) in [6.07, 6.45) is 1.74. The first kappa shape index (κ1) is 19.6. The quantitative estimate of drug-likeness (QED) is 0.847. The molecule has 1 aliphatic heterocycles. The zero-order valence-corrected chi connectivity index (χ0v) is 15.9. The van der Waals surface area contributed by atoms with E-state index in [4.69, 9.17) is 4.74 Å². The molecule has 28 heavy (non-hydrogen) atoms. The molecule has 3 rings (SSSR count). The Morgan fingerprint density at radius 1 is 1.18 bits per heavy atom. The fourth-order valence-electron chi connectivity index (χ4n) is 3.12. The SMILES string of the molecule is COc1ccc(C(=O)NC(C)C(=O)N2CCN(c3ccccn3)CC2)cc1F. The second-order valence-electron chi connectivity index (χ2n) is 6.54. The van der Waals surface area contributed by atoms with E-state index in [2.05, 4.69) is 15.2 Å². The Bertz CT molecular complexity index is 839. The minimum atomic E-state index is -0.709. The Kier molecular flexibility index (Phi) is 6.08. The van der Waals surface area contributed by atoms with Gasteiger partial charge in [-0.15, -0.1) is 0 Å². The molecule has 7 nitrogen and oxygen atoms in total. The zero-order chi connectivity index (χ0) is 20.1. The molecular formula is C20H23FN4O3. The van der Waals surface area contributed by atoms with E-state index in [9.17, 15) is 14.0 Å². The molecule has 0 radical (unpaired) electrons. The van der Waals surface area contributed by atoms with Crippen LogP contribution in [0.5, 0.6) is 5.75 Å². The first-order chi connectivity index (χ1) is 13.5. The van der Waals surface area contributed by atoms with E-state index in [-0.39, 0.29) is 17.2 Å². The van der Waals surface area contributed by atoms with E-state index >= 15 is 0 Å². The highest BCUT2D eigenvalue weighted by molar-refractivity contribution is 5.97. The predicted molar refractivity (Wildman–Crippen MR) is 103 cm³/mol. The highest BCUT2D eigenvalue weighted by Crippen LogP contribution is 2.18. The predicted octanol–water partition coefficient (Wildman–Crippen LogP) is 1.70. The van der Waals surface area contributed by atoms with Gasteiger partial charge in [0.25, 0.3) is 5.91 Å². The zero-order valence-electron chi connectivity index (χ0n) is 15.9. The molecule has 1 N–H and O–H groups in total. The lowest BCUT2D eigenvalue weighted by molar-refractivity contribution is -0.133. The molecule has 1 aliphatic rings. The number of ether oxygens (including phenoxy) is 1. The number of halogens is 1. The number of nitrogens with zero attached hydrogens (tertiary/aromatic N) is 3. The molecule has 2 amide bonds. The molecule has 0 spiro atoms. The number of hydrogen-bond acceptors (Lipinski definition) is 5. The van der Waals surface area contributed by atoms with Gasteiger partial charge in [0.1, 0.15) is 11.9 Å². The summed E-state index contributed by atoms with van der Waals surface area (Å²) in [5, 5.41) is 2.64. The summed E-state index contributed by atoms with van der Waals surface area (Å²) >= 11 is 0. The van der Waals surface area contributed by atoms with Crippen LogP contribution in [0.1, 0.15) is 17.3 Å². The van der Waals surface area contributed by atoms with Gasteiger partial charge in [0.15, 0.2) is 11.6 Å². The van der Waals surface area contributed by atoms with E-state index < -0.39 is 17.8 Å². The van der Waals surface area contributed by atoms with Crippen molar-refractivity contribution in [3.8, 4) is 5.75 Å². The molecule has 1 aromatic carbocycles. The van der Waals surface area contributed by atoms with Gasteiger partial charge in [0.05, 0.1) is 7.11 Å². The van der Waals surface area contributed by atoms with Gasteiger partial charge in [-0.1, -0.05) is 6.07 Å². The second-order valence-corrected chi connectivity index (χ2v) is 6.54. The van der Waals surface area contributed by atoms with Crippen LogP contribution in [0, 0.1) is 5.82 Å². The Morgan fingerprint density at radius 3 is 2.54 bits per heavy atom. The van der Waals surface area contributed by atoms with Crippen molar-refractivity contribution < 1.29 is 18.7 Å². The van der Waals surface area contributed by atoms with Gasteiger partial charge in [0.2, 0.25) is 5.91 Å². The molecule has 148 valence electrons. The summed E-state index contributed by atoms with van der Waals surface area (Å²) in [4.78, 5) is 33.1. The van der Waals surface area contributed by atoms with Crippen molar-refractivity contribution in [1.82, 2.24) is 15.2 Å². The first-order valence-electron chi connectivity index (χ1n) is 9.08. The fraction of sp³-hybridized carbons (Fsp3) is 0.350. The Morgan fingerprint density at radius 2 is 1.93 bits per heavy atom. The van der Waals surface area contributed by atoms with E-state index in [1.165, 1.54) is 19.2 Å². The molecule has 2 aromatic rings. The third-order valence-corrected chi connectivity index (χ3v) is 4.70. The Hall–Kier alpha value is -3.16. The summed E-state index contributed by atoms with van der Waals surface area (Å²) in [5.41, 5.74) is 0.137. The minimum Gasteiger partial charge on any atom is -0.494 e. The van der Waals surface area contributed by atoms with E-state index in [1.54, 1.807) is 18.0 Å². The number of hydrogen-bond donors (Lipinski definition) is 1. The monoisotopic (exact) mass is 386 g/mol. The van der Waals surface area contributed by atoms with Crippen LogP contribution in [0.15, 0.2) is 42.6 Å². The van der Waals surface area contributed by atoms with E-state index in [0.29, 0.717) is 26.2 Å². The normalized spacial score (nSPS) is 15.1. The van der Waals surface area contributed by atoms with Crippen molar-refractivity contribution >= 4 is 17.6 Å². The average Bonchev–Trinajstić information content (AvgIpc) is 2.73. The highest BCUT2D eigenvalue weighted by Gasteiger charge is 2.26. The number of amides is 2. The van der Waals surface area contributed by atoms with Crippen LogP contribution < -0.4 is 15.0 Å². The van der Waals surface area contributed by atoms with E-state index in [1.807, 2.05) is 18.2 Å². The number of anilines is 1. The molecule has 0 bridgehead atoms. The number of carbonyl (C=O) groups excluding carboxylic acids is 2. The fourth-order valence-corrected chi connectivity index (χ4v) is 3.12. The number of piperazine rings is 1. The van der Waals surface area contributed by atoms with Crippen LogP contribution in [-0.2, 0) is 4.79 Å². The largest absolute Gasteiger partial charge is 0.494 e. The molecule has 1 aromatic heterocycles. The standard InChI is InChI=1S/C20H23FN4O3/c1-14(23-19(26)15-6-7-17(28-2)16(21)13-15)20(27)25-11-9-24(10-12-25)18-5-3-4-8-22-18/h3-8,13-14H,9-12H2,1-2H3,(H,23,26). The third kappa shape index (κ3) is 4.39. The molecule has 8 heteroatoms. The van der Waals surface area contributed by atoms with Crippen molar-refractivity contribution in [1.29, 1.82) is 0 Å². The van der Waals surface area contributed by atoms with Crippen molar-refractivity contribution in [2.75, 3.05) is 38.2 Å². The average molecular weight is 386 g/mol. The van der Waals surface area contributed by atoms with Gasteiger partial charge in [-0.3, -0.25) is 9.59 Å². The van der Waals surface area contributed by atoms with Crippen LogP contribution >= 0.6 is 0 Å². The van der Waals surface area contributed by atoms with Crippen LogP contribution in [0.2, 0.25) is 0 Å². The van der Waals surface area contributed by atoms with Gasteiger partial charge in [0, 0.05) is 37.9 Å². The Labute approximate surface area is 163 Å². The smallest absolute Gasteiger partial charge is 0.252 e. The molecule has 2 heterocycles. The Balaban J connectivity index is 1.55. The van der Waals surface area contributed by atoms with Crippen molar-refractivity contribution in [3.63, 3.8) is 0 Å². The summed E-state index contributed by atoms with van der Waals surface area (Å²) in [7, 11) is 1.35. The van der Waals surface area contributed by atoms with Gasteiger partial charge >= 0.3 is 0 Å². The lowest BCUT2D eigenvalue weighted by atomic mass is 10.1. The van der Waals surface area contributed by atoms with Crippen LogP contribution in [0.3, 0.4) is 0 Å². The molecule has 1 saturated heterocycles.